The molecule has 0 spiro atoms. The summed E-state index contributed by atoms with van der Waals surface area (Å²) in [4.78, 5) is 23.9. The maximum Gasteiger partial charge on any atom is 0.326 e. The van der Waals surface area contributed by atoms with Gasteiger partial charge in [-0.25, -0.2) is 15.0 Å². The van der Waals surface area contributed by atoms with Crippen LogP contribution in [0.5, 0.6) is 0 Å². The topological polar surface area (TPSA) is 126 Å². The van der Waals surface area contributed by atoms with Gasteiger partial charge < -0.3 is 19.7 Å². The molecule has 1 saturated heterocycles. The van der Waals surface area contributed by atoms with Crippen LogP contribution in [0.3, 0.4) is 0 Å². The molecule has 4 rings (SSSR count). The third kappa shape index (κ3) is 7.59. The minimum absolute atomic E-state index is 0.0149. The number of esters is 1. The van der Waals surface area contributed by atoms with Crippen LogP contribution in [0, 0.1) is 12.3 Å². The molecule has 36 heavy (non-hydrogen) atoms. The molecule has 1 aliphatic heterocycles. The van der Waals surface area contributed by atoms with E-state index >= 15 is 0 Å². The van der Waals surface area contributed by atoms with Crippen molar-refractivity contribution in [1.82, 2.24) is 24.8 Å². The van der Waals surface area contributed by atoms with Crippen molar-refractivity contribution in [3.8, 4) is 12.3 Å². The van der Waals surface area contributed by atoms with Crippen molar-refractivity contribution < 1.29 is 18.8 Å². The van der Waals surface area contributed by atoms with E-state index in [1.165, 1.54) is 12.7 Å². The van der Waals surface area contributed by atoms with Crippen molar-refractivity contribution in [2.75, 3.05) is 12.3 Å². The van der Waals surface area contributed by atoms with Crippen molar-refractivity contribution in [3.05, 3.63) is 12.7 Å². The van der Waals surface area contributed by atoms with Crippen molar-refractivity contribution in [3.63, 3.8) is 0 Å². The predicted molar refractivity (Wildman–Crippen MR) is 144 cm³/mol. The van der Waals surface area contributed by atoms with E-state index in [1.807, 2.05) is 32.3 Å². The summed E-state index contributed by atoms with van der Waals surface area (Å²) in [7, 11) is 2.19. The van der Waals surface area contributed by atoms with E-state index < -0.39 is 5.60 Å². The number of nitrogens with two attached hydrogens (primary N) is 1. The van der Waals surface area contributed by atoms with E-state index in [0.717, 1.165) is 19.3 Å². The predicted octanol–water partition coefficient (Wildman–Crippen LogP) is 3.78. The van der Waals surface area contributed by atoms with Crippen molar-refractivity contribution in [1.29, 1.82) is 0 Å². The molecule has 2 fully saturated rings. The number of imidazole rings is 1. The number of hydrogen-bond donors (Lipinski definition) is 2. The molecular weight excluding hydrogens is 479 g/mol. The molecule has 11 heteroatoms. The third-order valence-corrected chi connectivity index (χ3v) is 5.65. The number of carbonyl (C=O) groups excluding carboxylic acids is 1. The van der Waals surface area contributed by atoms with Crippen LogP contribution in [0.4, 0.5) is 5.82 Å². The molecule has 0 bridgehead atoms. The van der Waals surface area contributed by atoms with Crippen LogP contribution in [-0.4, -0.2) is 55.4 Å². The summed E-state index contributed by atoms with van der Waals surface area (Å²) >= 11 is 0. The number of ether oxygens (including phenoxy) is 2. The van der Waals surface area contributed by atoms with E-state index in [4.69, 9.17) is 26.2 Å². The van der Waals surface area contributed by atoms with Gasteiger partial charge in [-0.1, -0.05) is 26.2 Å². The van der Waals surface area contributed by atoms with E-state index in [2.05, 4.69) is 49.5 Å². The van der Waals surface area contributed by atoms with E-state index in [0.29, 0.717) is 36.1 Å². The molecule has 3 unspecified atom stereocenters. The Balaban J connectivity index is 0.000000247. The first-order valence-corrected chi connectivity index (χ1v) is 12.9. The highest BCUT2D eigenvalue weighted by Crippen LogP contribution is 2.38. The lowest BCUT2D eigenvalue weighted by Crippen LogP contribution is -2.44. The van der Waals surface area contributed by atoms with Gasteiger partial charge >= 0.3 is 5.97 Å². The molecule has 10 nitrogen and oxygen atoms in total. The number of fused-ring (bicyclic) bond motifs is 1. The van der Waals surface area contributed by atoms with Crippen LogP contribution in [0.1, 0.15) is 79.9 Å². The summed E-state index contributed by atoms with van der Waals surface area (Å²) in [6.07, 6.45) is 12.9. The fourth-order valence-corrected chi connectivity index (χ4v) is 4.08. The lowest BCUT2D eigenvalue weighted by Gasteiger charge is -2.22. The Morgan fingerprint density at radius 1 is 1.31 bits per heavy atom. The Bertz CT molecular complexity index is 1030. The molecule has 200 valence electrons. The number of nitrogen functional groups attached to an aromatic ring is 1. The fourth-order valence-electron chi connectivity index (χ4n) is 3.81. The molecule has 2 aliphatic rings. The first-order valence-electron chi connectivity index (χ1n) is 12.5. The molecule has 3 N–H and O–H groups in total. The Morgan fingerprint density at radius 3 is 2.50 bits per heavy atom. The van der Waals surface area contributed by atoms with E-state index in [1.54, 1.807) is 6.33 Å². The van der Waals surface area contributed by atoms with Crippen LogP contribution in [0.15, 0.2) is 12.7 Å². The van der Waals surface area contributed by atoms with Gasteiger partial charge in [0.05, 0.1) is 19.0 Å². The Morgan fingerprint density at radius 2 is 1.97 bits per heavy atom. The quantitative estimate of drug-likeness (QED) is 0.319. The van der Waals surface area contributed by atoms with Crippen molar-refractivity contribution in [2.24, 2.45) is 0 Å². The first kappa shape index (κ1) is 29.9. The number of nitrogens with one attached hydrogen (secondary N) is 1. The average Bonchev–Trinajstić information content (AvgIpc) is 3.26. The summed E-state index contributed by atoms with van der Waals surface area (Å²) in [5.41, 5.74) is 5.92. The number of rotatable bonds is 7. The van der Waals surface area contributed by atoms with Gasteiger partial charge in [0.1, 0.15) is 23.6 Å². The molecule has 1 aliphatic carbocycles. The van der Waals surface area contributed by atoms with E-state index in [9.17, 15) is 4.79 Å². The maximum absolute atomic E-state index is 11.6. The Hall–Kier alpha value is -2.31. The second-order valence-corrected chi connectivity index (χ2v) is 10.0. The lowest BCUT2D eigenvalue weighted by atomic mass is 10.0. The highest BCUT2D eigenvalue weighted by molar-refractivity contribution is 7.09. The molecule has 0 amide bonds. The van der Waals surface area contributed by atoms with Crippen LogP contribution in [0.2, 0.25) is 0 Å². The van der Waals surface area contributed by atoms with Gasteiger partial charge in [0, 0.05) is 15.5 Å². The minimum atomic E-state index is -0.707. The van der Waals surface area contributed by atoms with E-state index in [-0.39, 0.29) is 23.8 Å². The fraction of sp³-hybridized carbons (Fsp3) is 0.680. The van der Waals surface area contributed by atoms with Crippen LogP contribution < -0.4 is 11.1 Å². The number of hydrogen-bond acceptors (Lipinski definition) is 9. The first-order chi connectivity index (χ1) is 17.1. The van der Waals surface area contributed by atoms with Gasteiger partial charge in [0.15, 0.2) is 17.1 Å². The summed E-state index contributed by atoms with van der Waals surface area (Å²) in [5, 5.41) is 3.26. The van der Waals surface area contributed by atoms with Crippen LogP contribution >= 0.6 is 9.47 Å². The smallest absolute Gasteiger partial charge is 0.326 e. The van der Waals surface area contributed by atoms with Gasteiger partial charge in [-0.05, 0) is 53.4 Å². The van der Waals surface area contributed by atoms with Gasteiger partial charge in [0.2, 0.25) is 0 Å². The Labute approximate surface area is 216 Å². The zero-order chi connectivity index (χ0) is 26.9. The summed E-state index contributed by atoms with van der Waals surface area (Å²) < 4.78 is 18.1. The second kappa shape index (κ2) is 13.3. The average molecular weight is 521 g/mol. The standard InChI is InChI=1S/C12H14N5O2P.C10H19NO2.C3H8/c1-2-12(5-18-20)4-3-8(19-12)17-7-16-9-10(13)14-6-15-11(9)17;1-7(2)11-10(5-6-10)9(12)13-8(3)4;1-3-2/h1,6-8H,3-5,20H2,(H2,13,14,15);7-8,11H,5-6H2,1-4H3;3H2,1-2H3. The maximum atomic E-state index is 11.6. The molecular formula is C25H41N6O4P. The highest BCUT2D eigenvalue weighted by Gasteiger charge is 2.51. The Kier molecular flexibility index (Phi) is 11.0. The molecule has 2 aromatic rings. The van der Waals surface area contributed by atoms with Crippen LogP contribution in [-0.2, 0) is 18.8 Å². The van der Waals surface area contributed by atoms with Gasteiger partial charge in [-0.2, -0.15) is 0 Å². The number of anilines is 1. The molecule has 0 aromatic carbocycles. The molecule has 0 radical (unpaired) electrons. The van der Waals surface area contributed by atoms with Crippen molar-refractivity contribution in [2.45, 2.75) is 103 Å². The van der Waals surface area contributed by atoms with Gasteiger partial charge in [-0.3, -0.25) is 14.7 Å². The normalized spacial score (nSPS) is 21.8. The molecule has 2 aromatic heterocycles. The minimum Gasteiger partial charge on any atom is -0.462 e. The SMILES string of the molecule is C#CC1(COP)CCC(n2cnc3c(N)ncnc32)O1.CC(C)NC1(C(=O)OC(C)C)CC1.CCC. The number of carbonyl (C=O) groups is 1. The molecule has 3 heterocycles. The zero-order valence-electron chi connectivity index (χ0n) is 22.3. The zero-order valence-corrected chi connectivity index (χ0v) is 23.4. The van der Waals surface area contributed by atoms with Gasteiger partial charge in [0.25, 0.3) is 0 Å². The summed E-state index contributed by atoms with van der Waals surface area (Å²) in [6, 6.07) is 0.335. The largest absolute Gasteiger partial charge is 0.462 e. The van der Waals surface area contributed by atoms with Crippen LogP contribution in [0.25, 0.3) is 11.2 Å². The monoisotopic (exact) mass is 520 g/mol. The second-order valence-electron chi connectivity index (χ2n) is 9.69. The highest BCUT2D eigenvalue weighted by atomic mass is 31.0. The van der Waals surface area contributed by atoms with Crippen molar-refractivity contribution >= 4 is 32.4 Å². The van der Waals surface area contributed by atoms with Gasteiger partial charge in [-0.15, -0.1) is 6.42 Å². The molecule has 1 saturated carbocycles. The molecule has 3 atom stereocenters. The number of terminal acetylenes is 1. The summed E-state index contributed by atoms with van der Waals surface area (Å²) in [5.74, 6) is 2.94. The third-order valence-electron chi connectivity index (χ3n) is 5.48. The summed E-state index contributed by atoms with van der Waals surface area (Å²) in [6.45, 7) is 12.4. The lowest BCUT2D eigenvalue weighted by molar-refractivity contribution is -0.151. The number of aromatic nitrogens is 4. The number of nitrogens with zero attached hydrogens (tertiary/aromatic N) is 4.